The number of hydrogen-bond acceptors (Lipinski definition) is 7. The average molecular weight is 390 g/mol. The molecule has 2 saturated heterocycles. The van der Waals surface area contributed by atoms with Crippen molar-refractivity contribution in [2.75, 3.05) is 49.6 Å². The number of piperazine rings is 1. The van der Waals surface area contributed by atoms with Crippen molar-refractivity contribution in [2.45, 2.75) is 6.10 Å². The fraction of sp³-hybridized carbons (Fsp3) is 0.389. The monoisotopic (exact) mass is 390 g/mol. The van der Waals surface area contributed by atoms with Gasteiger partial charge in [-0.15, -0.1) is 0 Å². The van der Waals surface area contributed by atoms with Crippen LogP contribution in [-0.4, -0.2) is 68.0 Å². The standard InChI is InChI=1S/C18H19FN4O5/c1-21-5-6-22(10-17(21)24)15-3-2-12(8-14(15)19)23-9-13(28-18(23)25)11-26-16-4-7-27-20-16/h2-4,7-8,13H,5-6,9-11H2,1H3/t13-/m1/s1. The van der Waals surface area contributed by atoms with Gasteiger partial charge in [0.15, 0.2) is 6.10 Å². The van der Waals surface area contributed by atoms with Crippen molar-refractivity contribution >= 4 is 23.4 Å². The Morgan fingerprint density at radius 3 is 2.86 bits per heavy atom. The van der Waals surface area contributed by atoms with Crippen molar-refractivity contribution in [3.05, 3.63) is 36.3 Å². The van der Waals surface area contributed by atoms with Crippen molar-refractivity contribution in [3.63, 3.8) is 0 Å². The Morgan fingerprint density at radius 1 is 1.29 bits per heavy atom. The van der Waals surface area contributed by atoms with Crippen LogP contribution in [0, 0.1) is 5.82 Å². The third-order valence-corrected chi connectivity index (χ3v) is 4.75. The summed E-state index contributed by atoms with van der Waals surface area (Å²) >= 11 is 0. The predicted molar refractivity (Wildman–Crippen MR) is 95.9 cm³/mol. The topological polar surface area (TPSA) is 88.3 Å². The molecular weight excluding hydrogens is 371 g/mol. The molecule has 0 spiro atoms. The van der Waals surface area contributed by atoms with E-state index in [4.69, 9.17) is 9.47 Å². The van der Waals surface area contributed by atoms with Gasteiger partial charge in [0, 0.05) is 26.2 Å². The number of hydrogen-bond donors (Lipinski definition) is 0. The van der Waals surface area contributed by atoms with Gasteiger partial charge in [-0.05, 0) is 23.4 Å². The molecule has 0 bridgehead atoms. The zero-order valence-corrected chi connectivity index (χ0v) is 15.2. The van der Waals surface area contributed by atoms with E-state index in [1.54, 1.807) is 35.0 Å². The highest BCUT2D eigenvalue weighted by molar-refractivity contribution is 5.90. The Morgan fingerprint density at radius 2 is 2.14 bits per heavy atom. The van der Waals surface area contributed by atoms with Crippen molar-refractivity contribution in [3.8, 4) is 5.88 Å². The zero-order valence-electron chi connectivity index (χ0n) is 15.2. The van der Waals surface area contributed by atoms with Crippen LogP contribution in [0.5, 0.6) is 5.88 Å². The molecule has 0 unspecified atom stereocenters. The van der Waals surface area contributed by atoms with Crippen LogP contribution >= 0.6 is 0 Å². The van der Waals surface area contributed by atoms with Crippen molar-refractivity contribution < 1.29 is 28.0 Å². The molecule has 4 rings (SSSR count). The third kappa shape index (κ3) is 3.57. The molecule has 9 nitrogen and oxygen atoms in total. The number of aromatic nitrogens is 1. The van der Waals surface area contributed by atoms with Gasteiger partial charge in [-0.1, -0.05) is 0 Å². The fourth-order valence-corrected chi connectivity index (χ4v) is 3.16. The minimum atomic E-state index is -0.573. The highest BCUT2D eigenvalue weighted by Gasteiger charge is 2.33. The number of carbonyl (C=O) groups is 2. The number of carbonyl (C=O) groups excluding carboxylic acids is 2. The summed E-state index contributed by atoms with van der Waals surface area (Å²) in [4.78, 5) is 28.7. The molecule has 1 aromatic heterocycles. The molecule has 28 heavy (non-hydrogen) atoms. The molecule has 10 heteroatoms. The van der Waals surface area contributed by atoms with E-state index in [9.17, 15) is 14.0 Å². The van der Waals surface area contributed by atoms with Gasteiger partial charge in [-0.2, -0.15) is 0 Å². The average Bonchev–Trinajstić information content (AvgIpc) is 3.32. The van der Waals surface area contributed by atoms with Crippen LogP contribution in [0.3, 0.4) is 0 Å². The number of likely N-dealkylation sites (N-methyl/N-ethyl adjacent to an activating group) is 1. The summed E-state index contributed by atoms with van der Waals surface area (Å²) < 4.78 is 30.0. The Bertz CT molecular complexity index is 875. The van der Waals surface area contributed by atoms with Crippen LogP contribution in [-0.2, 0) is 9.53 Å². The molecular formula is C18H19FN4O5. The van der Waals surface area contributed by atoms with Gasteiger partial charge in [0.1, 0.15) is 18.7 Å². The lowest BCUT2D eigenvalue weighted by molar-refractivity contribution is -0.129. The molecule has 3 heterocycles. The second-order valence-electron chi connectivity index (χ2n) is 6.64. The number of halogens is 1. The van der Waals surface area contributed by atoms with Gasteiger partial charge >= 0.3 is 6.09 Å². The zero-order chi connectivity index (χ0) is 19.7. The smallest absolute Gasteiger partial charge is 0.414 e. The molecule has 148 valence electrons. The van der Waals surface area contributed by atoms with E-state index in [-0.39, 0.29) is 25.6 Å². The van der Waals surface area contributed by atoms with Crippen LogP contribution in [0.15, 0.2) is 35.1 Å². The molecule has 2 aliphatic rings. The summed E-state index contributed by atoms with van der Waals surface area (Å²) in [5, 5.41) is 3.62. The molecule has 1 aromatic carbocycles. The first-order valence-corrected chi connectivity index (χ1v) is 8.81. The number of anilines is 2. The summed E-state index contributed by atoms with van der Waals surface area (Å²) in [6, 6.07) is 6.05. The van der Waals surface area contributed by atoms with Gasteiger partial charge in [-0.3, -0.25) is 9.69 Å². The second-order valence-corrected chi connectivity index (χ2v) is 6.64. The highest BCUT2D eigenvalue weighted by Crippen LogP contribution is 2.28. The van der Waals surface area contributed by atoms with E-state index in [1.165, 1.54) is 17.2 Å². The first-order valence-electron chi connectivity index (χ1n) is 8.81. The number of nitrogens with zero attached hydrogens (tertiary/aromatic N) is 4. The van der Waals surface area contributed by atoms with Crippen LogP contribution in [0.1, 0.15) is 0 Å². The first-order chi connectivity index (χ1) is 13.5. The molecule has 0 radical (unpaired) electrons. The molecule has 2 fully saturated rings. The third-order valence-electron chi connectivity index (χ3n) is 4.75. The van der Waals surface area contributed by atoms with Crippen LogP contribution in [0.25, 0.3) is 0 Å². The van der Waals surface area contributed by atoms with Gasteiger partial charge in [-0.25, -0.2) is 9.18 Å². The summed E-state index contributed by atoms with van der Waals surface area (Å²) in [5.41, 5.74) is 0.722. The molecule has 0 N–H and O–H groups in total. The van der Waals surface area contributed by atoms with Crippen molar-refractivity contribution in [2.24, 2.45) is 0 Å². The maximum atomic E-state index is 14.7. The minimum Gasteiger partial charge on any atom is -0.471 e. The maximum absolute atomic E-state index is 14.7. The van der Waals surface area contributed by atoms with E-state index >= 15 is 0 Å². The van der Waals surface area contributed by atoms with E-state index in [0.717, 1.165) is 0 Å². The summed E-state index contributed by atoms with van der Waals surface area (Å²) in [6.07, 6.45) is 0.290. The van der Waals surface area contributed by atoms with E-state index in [2.05, 4.69) is 9.68 Å². The molecule has 2 aliphatic heterocycles. The number of amides is 2. The highest BCUT2D eigenvalue weighted by atomic mass is 19.1. The second kappa shape index (κ2) is 7.37. The minimum absolute atomic E-state index is 0.0622. The lowest BCUT2D eigenvalue weighted by atomic mass is 10.2. The van der Waals surface area contributed by atoms with Crippen molar-refractivity contribution in [1.29, 1.82) is 0 Å². The summed E-state index contributed by atoms with van der Waals surface area (Å²) in [6.45, 7) is 1.54. The molecule has 2 amide bonds. The Hall–Kier alpha value is -3.30. The van der Waals surface area contributed by atoms with E-state index < -0.39 is 18.0 Å². The molecule has 1 atom stereocenters. The lowest BCUT2D eigenvalue weighted by Gasteiger charge is -2.33. The number of cyclic esters (lactones) is 1. The molecule has 2 aromatic rings. The predicted octanol–water partition coefficient (Wildman–Crippen LogP) is 1.50. The van der Waals surface area contributed by atoms with Gasteiger partial charge in [0.25, 0.3) is 5.88 Å². The van der Waals surface area contributed by atoms with E-state index in [0.29, 0.717) is 30.3 Å². The number of benzene rings is 1. The lowest BCUT2D eigenvalue weighted by Crippen LogP contribution is -2.48. The summed E-state index contributed by atoms with van der Waals surface area (Å²) in [5.74, 6) is -0.260. The van der Waals surface area contributed by atoms with E-state index in [1.807, 2.05) is 0 Å². The van der Waals surface area contributed by atoms with Gasteiger partial charge in [0.05, 0.1) is 24.5 Å². The SMILES string of the molecule is CN1CCN(c2ccc(N3C[C@H](COc4ccon4)OC3=O)cc2F)CC1=O. The first kappa shape index (κ1) is 18.1. The Balaban J connectivity index is 1.42. The quantitative estimate of drug-likeness (QED) is 0.764. The Kier molecular flexibility index (Phi) is 4.76. The molecule has 0 saturated carbocycles. The largest absolute Gasteiger partial charge is 0.471 e. The number of ether oxygens (including phenoxy) is 2. The maximum Gasteiger partial charge on any atom is 0.414 e. The fourth-order valence-electron chi connectivity index (χ4n) is 3.16. The van der Waals surface area contributed by atoms with Crippen LogP contribution < -0.4 is 14.5 Å². The van der Waals surface area contributed by atoms with Crippen LogP contribution in [0.2, 0.25) is 0 Å². The molecule has 0 aliphatic carbocycles. The normalized spacial score (nSPS) is 19.9. The number of rotatable bonds is 5. The van der Waals surface area contributed by atoms with Crippen molar-refractivity contribution in [1.82, 2.24) is 10.1 Å². The van der Waals surface area contributed by atoms with Gasteiger partial charge < -0.3 is 23.8 Å². The van der Waals surface area contributed by atoms with Crippen LogP contribution in [0.4, 0.5) is 20.6 Å². The Labute approximate surface area is 160 Å². The summed E-state index contributed by atoms with van der Waals surface area (Å²) in [7, 11) is 1.72. The van der Waals surface area contributed by atoms with Gasteiger partial charge in [0.2, 0.25) is 5.91 Å².